The van der Waals surface area contributed by atoms with Crippen molar-refractivity contribution in [3.05, 3.63) is 41.5 Å². The van der Waals surface area contributed by atoms with Crippen LogP contribution in [0.25, 0.3) is 0 Å². The lowest BCUT2D eigenvalue weighted by Gasteiger charge is -2.32. The highest BCUT2D eigenvalue weighted by molar-refractivity contribution is 5.80. The topological polar surface area (TPSA) is 63.9 Å². The number of fused-ring (bicyclic) bond motifs is 1. The molecule has 0 saturated heterocycles. The van der Waals surface area contributed by atoms with Crippen molar-refractivity contribution < 1.29 is 9.47 Å². The Hall–Kier alpha value is -2.70. The number of imidazole rings is 1. The Bertz CT molecular complexity index is 844. The molecule has 2 heterocycles. The molecule has 0 amide bonds. The molecule has 7 nitrogen and oxygen atoms in total. The molecule has 29 heavy (non-hydrogen) atoms. The highest BCUT2D eigenvalue weighted by Crippen LogP contribution is 2.33. The fourth-order valence-electron chi connectivity index (χ4n) is 3.69. The summed E-state index contributed by atoms with van der Waals surface area (Å²) in [6, 6.07) is 4.18. The summed E-state index contributed by atoms with van der Waals surface area (Å²) < 4.78 is 13.1. The van der Waals surface area contributed by atoms with Gasteiger partial charge in [0.15, 0.2) is 17.5 Å². The summed E-state index contributed by atoms with van der Waals surface area (Å²) in [5.41, 5.74) is 2.56. The molecule has 0 aliphatic carbocycles. The molecule has 1 aliphatic heterocycles. The Morgan fingerprint density at radius 2 is 1.93 bits per heavy atom. The molecule has 2 aromatic rings. The predicted molar refractivity (Wildman–Crippen MR) is 116 cm³/mol. The third-order valence-electron chi connectivity index (χ3n) is 5.09. The maximum absolute atomic E-state index is 5.49. The van der Waals surface area contributed by atoms with Crippen molar-refractivity contribution in [3.8, 4) is 11.5 Å². The quantitative estimate of drug-likeness (QED) is 0.573. The van der Waals surface area contributed by atoms with E-state index in [-0.39, 0.29) is 0 Å². The van der Waals surface area contributed by atoms with Gasteiger partial charge in [0.1, 0.15) is 12.4 Å². The third kappa shape index (κ3) is 5.02. The van der Waals surface area contributed by atoms with Gasteiger partial charge in [-0.15, -0.1) is 0 Å². The highest BCUT2D eigenvalue weighted by Gasteiger charge is 2.21. The van der Waals surface area contributed by atoms with Gasteiger partial charge in [-0.05, 0) is 42.5 Å². The molecule has 1 aromatic heterocycles. The predicted octanol–water partition coefficient (Wildman–Crippen LogP) is 3.08. The van der Waals surface area contributed by atoms with Gasteiger partial charge in [-0.25, -0.2) is 9.98 Å². The van der Waals surface area contributed by atoms with E-state index >= 15 is 0 Å². The minimum absolute atomic E-state index is 0.567. The van der Waals surface area contributed by atoms with Crippen molar-refractivity contribution in [3.63, 3.8) is 0 Å². The fourth-order valence-corrected chi connectivity index (χ4v) is 3.69. The molecule has 158 valence electrons. The number of hydrogen-bond donors (Lipinski definition) is 1. The zero-order valence-electron chi connectivity index (χ0n) is 18.2. The molecule has 1 aliphatic rings. The van der Waals surface area contributed by atoms with Gasteiger partial charge in [0.25, 0.3) is 0 Å². The Labute approximate surface area is 173 Å². The third-order valence-corrected chi connectivity index (χ3v) is 5.09. The first-order valence-corrected chi connectivity index (χ1v) is 10.3. The summed E-state index contributed by atoms with van der Waals surface area (Å²) in [5.74, 6) is 4.05. The van der Waals surface area contributed by atoms with Gasteiger partial charge in [0, 0.05) is 38.6 Å². The van der Waals surface area contributed by atoms with Gasteiger partial charge in [0.2, 0.25) is 0 Å². The Kier molecular flexibility index (Phi) is 7.01. The lowest BCUT2D eigenvalue weighted by atomic mass is 9.99. The maximum Gasteiger partial charge on any atom is 0.194 e. The van der Waals surface area contributed by atoms with E-state index in [9.17, 15) is 0 Å². The number of hydrogen-bond acceptors (Lipinski definition) is 4. The lowest BCUT2D eigenvalue weighted by Crippen LogP contribution is -2.44. The van der Waals surface area contributed by atoms with Crippen LogP contribution in [0.2, 0.25) is 0 Å². The first-order chi connectivity index (χ1) is 14.0. The Morgan fingerprint density at radius 3 is 2.59 bits per heavy atom. The second kappa shape index (κ2) is 9.67. The van der Waals surface area contributed by atoms with Crippen LogP contribution in [0.5, 0.6) is 11.5 Å². The van der Waals surface area contributed by atoms with Crippen molar-refractivity contribution in [1.29, 1.82) is 0 Å². The molecule has 1 aromatic carbocycles. The zero-order valence-corrected chi connectivity index (χ0v) is 18.2. The van der Waals surface area contributed by atoms with E-state index in [1.165, 1.54) is 11.1 Å². The summed E-state index contributed by atoms with van der Waals surface area (Å²) in [6.45, 7) is 10.6. The van der Waals surface area contributed by atoms with E-state index in [0.717, 1.165) is 55.9 Å². The van der Waals surface area contributed by atoms with E-state index in [1.807, 2.05) is 12.4 Å². The maximum atomic E-state index is 5.49. The Morgan fingerprint density at radius 1 is 1.21 bits per heavy atom. The normalized spacial score (nSPS) is 14.1. The van der Waals surface area contributed by atoms with Crippen LogP contribution < -0.4 is 14.8 Å². The van der Waals surface area contributed by atoms with Crippen LogP contribution in [0, 0.1) is 5.92 Å². The van der Waals surface area contributed by atoms with Crippen molar-refractivity contribution in [2.24, 2.45) is 10.9 Å². The first kappa shape index (κ1) is 21.0. The van der Waals surface area contributed by atoms with Crippen LogP contribution in [0.3, 0.4) is 0 Å². The number of rotatable bonds is 7. The van der Waals surface area contributed by atoms with Crippen LogP contribution in [-0.4, -0.2) is 47.7 Å². The zero-order chi connectivity index (χ0) is 20.8. The number of benzene rings is 1. The SMILES string of the molecule is CCNC(=NCc1nccn1CC(C)C)N1CCc2cc(OC)c(OC)cc2C1. The van der Waals surface area contributed by atoms with Gasteiger partial charge in [0.05, 0.1) is 14.2 Å². The minimum atomic E-state index is 0.567. The number of aliphatic imine (C=N–C) groups is 1. The molecule has 0 saturated carbocycles. The van der Waals surface area contributed by atoms with Crippen LogP contribution in [0.1, 0.15) is 37.7 Å². The molecule has 0 spiro atoms. The average molecular weight is 400 g/mol. The van der Waals surface area contributed by atoms with Crippen LogP contribution in [-0.2, 0) is 26.1 Å². The van der Waals surface area contributed by atoms with Crippen molar-refractivity contribution >= 4 is 5.96 Å². The van der Waals surface area contributed by atoms with Gasteiger partial charge in [-0.3, -0.25) is 0 Å². The van der Waals surface area contributed by atoms with E-state index in [4.69, 9.17) is 14.5 Å². The van der Waals surface area contributed by atoms with E-state index in [1.54, 1.807) is 14.2 Å². The smallest absolute Gasteiger partial charge is 0.194 e. The fraction of sp³-hybridized carbons (Fsp3) is 0.545. The van der Waals surface area contributed by atoms with Crippen LogP contribution in [0.15, 0.2) is 29.5 Å². The van der Waals surface area contributed by atoms with Gasteiger partial charge >= 0.3 is 0 Å². The number of ether oxygens (including phenoxy) is 2. The van der Waals surface area contributed by atoms with Gasteiger partial charge in [-0.2, -0.15) is 0 Å². The monoisotopic (exact) mass is 399 g/mol. The van der Waals surface area contributed by atoms with E-state index in [2.05, 4.69) is 52.7 Å². The van der Waals surface area contributed by atoms with Crippen molar-refractivity contribution in [2.45, 2.75) is 46.8 Å². The summed E-state index contributed by atoms with van der Waals surface area (Å²) in [7, 11) is 3.36. The highest BCUT2D eigenvalue weighted by atomic mass is 16.5. The molecule has 0 unspecified atom stereocenters. The lowest BCUT2D eigenvalue weighted by molar-refractivity contribution is 0.346. The minimum Gasteiger partial charge on any atom is -0.493 e. The summed E-state index contributed by atoms with van der Waals surface area (Å²) >= 11 is 0. The van der Waals surface area contributed by atoms with Gasteiger partial charge < -0.3 is 24.3 Å². The average Bonchev–Trinajstić information content (AvgIpc) is 3.15. The molecular formula is C22H33N5O2. The standard InChI is InChI=1S/C22H33N5O2/c1-6-23-22(25-13-21-24-8-10-26(21)14-16(2)3)27-9-7-17-11-19(28-4)20(29-5)12-18(17)15-27/h8,10-12,16H,6-7,9,13-15H2,1-5H3,(H,23,25). The van der Waals surface area contributed by atoms with Crippen LogP contribution >= 0.6 is 0 Å². The molecule has 0 fully saturated rings. The number of guanidine groups is 1. The van der Waals surface area contributed by atoms with E-state index < -0.39 is 0 Å². The van der Waals surface area contributed by atoms with Crippen molar-refractivity contribution in [1.82, 2.24) is 19.8 Å². The molecule has 3 rings (SSSR count). The Balaban J connectivity index is 1.78. The van der Waals surface area contributed by atoms with Gasteiger partial charge in [-0.1, -0.05) is 13.8 Å². The molecule has 7 heteroatoms. The largest absolute Gasteiger partial charge is 0.493 e. The number of nitrogens with zero attached hydrogens (tertiary/aromatic N) is 4. The number of methoxy groups -OCH3 is 2. The summed E-state index contributed by atoms with van der Waals surface area (Å²) in [4.78, 5) is 11.7. The van der Waals surface area contributed by atoms with E-state index in [0.29, 0.717) is 12.5 Å². The van der Waals surface area contributed by atoms with Crippen molar-refractivity contribution in [2.75, 3.05) is 27.3 Å². The number of nitrogens with one attached hydrogen (secondary N) is 1. The second-order valence-electron chi connectivity index (χ2n) is 7.71. The summed E-state index contributed by atoms with van der Waals surface area (Å²) in [6.07, 6.45) is 4.84. The number of aromatic nitrogens is 2. The summed E-state index contributed by atoms with van der Waals surface area (Å²) in [5, 5.41) is 3.44. The molecule has 0 atom stereocenters. The second-order valence-corrected chi connectivity index (χ2v) is 7.71. The first-order valence-electron chi connectivity index (χ1n) is 10.3. The molecule has 1 N–H and O–H groups in total. The van der Waals surface area contributed by atoms with Crippen LogP contribution in [0.4, 0.5) is 0 Å². The molecule has 0 radical (unpaired) electrons. The molecular weight excluding hydrogens is 366 g/mol. The molecule has 0 bridgehead atoms.